The Morgan fingerprint density at radius 3 is 2.43 bits per heavy atom. The molecular weight excluding hydrogens is 182 g/mol. The van der Waals surface area contributed by atoms with Crippen molar-refractivity contribution in [3.63, 3.8) is 0 Å². The first-order chi connectivity index (χ1) is 6.47. The second-order valence-corrected chi connectivity index (χ2v) is 3.74. The highest BCUT2D eigenvalue weighted by molar-refractivity contribution is 5.85. The van der Waals surface area contributed by atoms with E-state index in [1.165, 1.54) is 0 Å². The summed E-state index contributed by atoms with van der Waals surface area (Å²) in [7, 11) is 0. The number of carboxylic acid groups (broad SMARTS) is 1. The Hall–Kier alpha value is -0.900. The number of hydrogen-bond donors (Lipinski definition) is 2. The average molecular weight is 201 g/mol. The largest absolute Gasteiger partial charge is 0.480 e. The van der Waals surface area contributed by atoms with Crippen LogP contribution in [-0.2, 0) is 9.59 Å². The van der Waals surface area contributed by atoms with Crippen LogP contribution in [0.3, 0.4) is 0 Å². The SMILES string of the molecule is CCC(C)CCC(=O)CC(N)C(=O)O. The van der Waals surface area contributed by atoms with Gasteiger partial charge in [-0.25, -0.2) is 0 Å². The zero-order chi connectivity index (χ0) is 11.1. The molecule has 0 fully saturated rings. The lowest BCUT2D eigenvalue weighted by atomic mass is 9.99. The number of carbonyl (C=O) groups is 2. The van der Waals surface area contributed by atoms with E-state index in [1.54, 1.807) is 0 Å². The first kappa shape index (κ1) is 13.1. The van der Waals surface area contributed by atoms with Crippen molar-refractivity contribution in [1.82, 2.24) is 0 Å². The van der Waals surface area contributed by atoms with Crippen LogP contribution in [0.2, 0.25) is 0 Å². The van der Waals surface area contributed by atoms with Gasteiger partial charge < -0.3 is 10.8 Å². The second-order valence-electron chi connectivity index (χ2n) is 3.74. The van der Waals surface area contributed by atoms with Crippen LogP contribution in [0, 0.1) is 5.92 Å². The van der Waals surface area contributed by atoms with Crippen molar-refractivity contribution in [2.24, 2.45) is 11.7 Å². The number of hydrogen-bond acceptors (Lipinski definition) is 3. The van der Waals surface area contributed by atoms with E-state index < -0.39 is 12.0 Å². The Labute approximate surface area is 84.5 Å². The Bertz CT molecular complexity index is 204. The van der Waals surface area contributed by atoms with Gasteiger partial charge in [0.2, 0.25) is 0 Å². The summed E-state index contributed by atoms with van der Waals surface area (Å²) < 4.78 is 0. The molecule has 0 saturated carbocycles. The number of ketones is 1. The zero-order valence-corrected chi connectivity index (χ0v) is 8.82. The van der Waals surface area contributed by atoms with Gasteiger partial charge in [-0.15, -0.1) is 0 Å². The van der Waals surface area contributed by atoms with Crippen LogP contribution in [-0.4, -0.2) is 22.9 Å². The van der Waals surface area contributed by atoms with E-state index >= 15 is 0 Å². The molecule has 4 nitrogen and oxygen atoms in total. The third kappa shape index (κ3) is 5.70. The molecule has 0 aliphatic heterocycles. The van der Waals surface area contributed by atoms with Gasteiger partial charge in [-0.05, 0) is 12.3 Å². The molecule has 4 heteroatoms. The molecule has 0 radical (unpaired) electrons. The molecule has 0 rings (SSSR count). The lowest BCUT2D eigenvalue weighted by Gasteiger charge is -2.08. The fraction of sp³-hybridized carbons (Fsp3) is 0.800. The molecule has 0 aliphatic rings. The molecule has 3 N–H and O–H groups in total. The minimum atomic E-state index is -1.11. The van der Waals surface area contributed by atoms with Crippen molar-refractivity contribution < 1.29 is 14.7 Å². The van der Waals surface area contributed by atoms with Crippen LogP contribution in [0.15, 0.2) is 0 Å². The van der Waals surface area contributed by atoms with Crippen LogP contribution >= 0.6 is 0 Å². The highest BCUT2D eigenvalue weighted by atomic mass is 16.4. The first-order valence-electron chi connectivity index (χ1n) is 4.97. The van der Waals surface area contributed by atoms with Gasteiger partial charge in [0.1, 0.15) is 11.8 Å². The molecule has 14 heavy (non-hydrogen) atoms. The topological polar surface area (TPSA) is 80.4 Å². The molecule has 0 bridgehead atoms. The molecule has 0 aromatic carbocycles. The number of carboxylic acids is 1. The van der Waals surface area contributed by atoms with Gasteiger partial charge in [0.15, 0.2) is 0 Å². The summed E-state index contributed by atoms with van der Waals surface area (Å²) in [5.74, 6) is -0.651. The smallest absolute Gasteiger partial charge is 0.320 e. The van der Waals surface area contributed by atoms with Gasteiger partial charge in [-0.2, -0.15) is 0 Å². The number of carbonyl (C=O) groups excluding carboxylic acids is 1. The maximum Gasteiger partial charge on any atom is 0.320 e. The summed E-state index contributed by atoms with van der Waals surface area (Å²) in [6.07, 6.45) is 2.25. The van der Waals surface area contributed by atoms with Crippen molar-refractivity contribution in [2.75, 3.05) is 0 Å². The third-order valence-electron chi connectivity index (χ3n) is 2.38. The highest BCUT2D eigenvalue weighted by Crippen LogP contribution is 2.10. The first-order valence-corrected chi connectivity index (χ1v) is 4.97. The van der Waals surface area contributed by atoms with Gasteiger partial charge in [0.25, 0.3) is 0 Å². The summed E-state index contributed by atoms with van der Waals surface area (Å²) >= 11 is 0. The van der Waals surface area contributed by atoms with Crippen LogP contribution in [0.1, 0.15) is 39.5 Å². The molecule has 2 atom stereocenters. The fourth-order valence-electron chi connectivity index (χ4n) is 1.05. The van der Waals surface area contributed by atoms with Gasteiger partial charge >= 0.3 is 5.97 Å². The lowest BCUT2D eigenvalue weighted by Crippen LogP contribution is -2.32. The molecular formula is C10H19NO3. The maximum absolute atomic E-state index is 11.2. The van der Waals surface area contributed by atoms with Gasteiger partial charge in [0.05, 0.1) is 0 Å². The molecule has 0 spiro atoms. The summed E-state index contributed by atoms with van der Waals surface area (Å²) in [5.41, 5.74) is 5.24. The van der Waals surface area contributed by atoms with E-state index in [1.807, 2.05) is 0 Å². The molecule has 0 aliphatic carbocycles. The zero-order valence-electron chi connectivity index (χ0n) is 8.82. The van der Waals surface area contributed by atoms with E-state index in [9.17, 15) is 9.59 Å². The number of aliphatic carboxylic acids is 1. The highest BCUT2D eigenvalue weighted by Gasteiger charge is 2.16. The predicted molar refractivity (Wildman–Crippen MR) is 53.9 cm³/mol. The molecule has 0 saturated heterocycles. The van der Waals surface area contributed by atoms with Crippen LogP contribution in [0.5, 0.6) is 0 Å². The quantitative estimate of drug-likeness (QED) is 0.648. The predicted octanol–water partition coefficient (Wildman–Crippen LogP) is 1.18. The lowest BCUT2D eigenvalue weighted by molar-refractivity contribution is -0.140. The van der Waals surface area contributed by atoms with Gasteiger partial charge in [-0.1, -0.05) is 20.3 Å². The molecule has 0 aromatic heterocycles. The minimum absolute atomic E-state index is 0.0498. The summed E-state index contributed by atoms with van der Waals surface area (Å²) in [4.78, 5) is 21.6. The minimum Gasteiger partial charge on any atom is -0.480 e. The van der Waals surface area contributed by atoms with Crippen LogP contribution in [0.25, 0.3) is 0 Å². The van der Waals surface area contributed by atoms with Crippen LogP contribution < -0.4 is 5.73 Å². The van der Waals surface area contributed by atoms with Crippen molar-refractivity contribution in [3.8, 4) is 0 Å². The molecule has 0 aromatic rings. The Balaban J connectivity index is 3.71. The van der Waals surface area contributed by atoms with Crippen LogP contribution in [0.4, 0.5) is 0 Å². The average Bonchev–Trinajstić information content (AvgIpc) is 2.13. The van der Waals surface area contributed by atoms with Crippen molar-refractivity contribution in [3.05, 3.63) is 0 Å². The molecule has 0 heterocycles. The second kappa shape index (κ2) is 6.54. The summed E-state index contributed by atoms with van der Waals surface area (Å²) in [6.45, 7) is 4.14. The van der Waals surface area contributed by atoms with E-state index in [4.69, 9.17) is 10.8 Å². The van der Waals surface area contributed by atoms with Crippen molar-refractivity contribution in [1.29, 1.82) is 0 Å². The molecule has 2 unspecified atom stereocenters. The number of Topliss-reactive ketones (excluding diaryl/α,β-unsaturated/α-hetero) is 1. The van der Waals surface area contributed by atoms with Gasteiger partial charge in [-0.3, -0.25) is 9.59 Å². The molecule has 82 valence electrons. The van der Waals surface area contributed by atoms with E-state index in [0.29, 0.717) is 12.3 Å². The van der Waals surface area contributed by atoms with Crippen molar-refractivity contribution in [2.45, 2.75) is 45.6 Å². The summed E-state index contributed by atoms with van der Waals surface area (Å²) in [5, 5.41) is 8.48. The number of rotatable bonds is 7. The van der Waals surface area contributed by atoms with Crippen molar-refractivity contribution >= 4 is 11.8 Å². The Morgan fingerprint density at radius 2 is 2.00 bits per heavy atom. The Kier molecular flexibility index (Phi) is 6.12. The fourth-order valence-corrected chi connectivity index (χ4v) is 1.05. The molecule has 0 amide bonds. The maximum atomic E-state index is 11.2. The Morgan fingerprint density at radius 1 is 1.43 bits per heavy atom. The standard InChI is InChI=1S/C10H19NO3/c1-3-7(2)4-5-8(12)6-9(11)10(13)14/h7,9H,3-6,11H2,1-2H3,(H,13,14). The third-order valence-corrected chi connectivity index (χ3v) is 2.38. The number of nitrogens with two attached hydrogens (primary N) is 1. The van der Waals surface area contributed by atoms with E-state index in [-0.39, 0.29) is 12.2 Å². The van der Waals surface area contributed by atoms with E-state index in [2.05, 4.69) is 13.8 Å². The van der Waals surface area contributed by atoms with Gasteiger partial charge in [0, 0.05) is 12.8 Å². The normalized spacial score (nSPS) is 14.8. The van der Waals surface area contributed by atoms with E-state index in [0.717, 1.165) is 12.8 Å². The monoisotopic (exact) mass is 201 g/mol. The summed E-state index contributed by atoms with van der Waals surface area (Å²) in [6, 6.07) is -1.04.